The van der Waals surface area contributed by atoms with E-state index in [-0.39, 0.29) is 11.9 Å². The van der Waals surface area contributed by atoms with Crippen molar-refractivity contribution in [1.82, 2.24) is 10.2 Å². The average molecular weight is 389 g/mol. The minimum Gasteiger partial charge on any atom is -0.469 e. The van der Waals surface area contributed by atoms with Gasteiger partial charge in [-0.1, -0.05) is 49.6 Å². The summed E-state index contributed by atoms with van der Waals surface area (Å²) in [5, 5.41) is 3.12. The van der Waals surface area contributed by atoms with Gasteiger partial charge in [0.25, 0.3) is 0 Å². The second kappa shape index (κ2) is 13.3. The van der Waals surface area contributed by atoms with Crippen LogP contribution in [0.25, 0.3) is 0 Å². The molecule has 1 aliphatic heterocycles. The Morgan fingerprint density at radius 3 is 2.32 bits per heavy atom. The Bertz CT molecular complexity index is 568. The van der Waals surface area contributed by atoms with E-state index in [4.69, 9.17) is 0 Å². The van der Waals surface area contributed by atoms with Gasteiger partial charge in [0.1, 0.15) is 0 Å². The molecule has 1 heterocycles. The van der Waals surface area contributed by atoms with Crippen molar-refractivity contribution in [1.29, 1.82) is 0 Å². The quantitative estimate of drug-likeness (QED) is 0.436. The summed E-state index contributed by atoms with van der Waals surface area (Å²) in [4.78, 5) is 25.5. The molecule has 0 saturated carbocycles. The van der Waals surface area contributed by atoms with E-state index in [2.05, 4.69) is 45.3 Å². The van der Waals surface area contributed by atoms with Crippen molar-refractivity contribution in [2.45, 2.75) is 64.3 Å². The molecule has 0 radical (unpaired) electrons. The predicted octanol–water partition coefficient (Wildman–Crippen LogP) is 3.92. The summed E-state index contributed by atoms with van der Waals surface area (Å²) in [5.41, 5.74) is 1.37. The van der Waals surface area contributed by atoms with E-state index in [1.165, 1.54) is 12.7 Å². The second-order valence-electron chi connectivity index (χ2n) is 7.85. The molecule has 156 valence electrons. The maximum atomic E-state index is 12.0. The number of piperidine rings is 1. The third-order valence-corrected chi connectivity index (χ3v) is 5.56. The fourth-order valence-corrected chi connectivity index (χ4v) is 3.72. The summed E-state index contributed by atoms with van der Waals surface area (Å²) >= 11 is 0. The molecule has 1 fully saturated rings. The summed E-state index contributed by atoms with van der Waals surface area (Å²) in [6, 6.07) is 10.6. The van der Waals surface area contributed by atoms with Gasteiger partial charge in [-0.2, -0.15) is 0 Å². The van der Waals surface area contributed by atoms with Crippen molar-refractivity contribution in [2.24, 2.45) is 5.92 Å². The Morgan fingerprint density at radius 2 is 1.64 bits per heavy atom. The van der Waals surface area contributed by atoms with Crippen LogP contribution in [-0.2, 0) is 20.9 Å². The number of rotatable bonds is 12. The summed E-state index contributed by atoms with van der Waals surface area (Å²) in [7, 11) is 1.43. The zero-order chi connectivity index (χ0) is 20.0. The molecule has 2 rings (SSSR count). The van der Waals surface area contributed by atoms with Crippen molar-refractivity contribution < 1.29 is 14.3 Å². The first-order valence-electron chi connectivity index (χ1n) is 10.8. The number of nitrogens with zero attached hydrogens (tertiary/aromatic N) is 1. The number of amides is 1. The summed E-state index contributed by atoms with van der Waals surface area (Å²) in [6.07, 6.45) is 8.39. The molecule has 1 saturated heterocycles. The Kier molecular flexibility index (Phi) is 10.7. The fraction of sp³-hybridized carbons (Fsp3) is 0.652. The molecule has 1 aromatic carbocycles. The molecule has 5 heteroatoms. The summed E-state index contributed by atoms with van der Waals surface area (Å²) in [6.45, 7) is 4.07. The van der Waals surface area contributed by atoms with Gasteiger partial charge >= 0.3 is 5.97 Å². The van der Waals surface area contributed by atoms with Crippen molar-refractivity contribution in [3.8, 4) is 0 Å². The summed E-state index contributed by atoms with van der Waals surface area (Å²) in [5.74, 6) is 0.654. The first-order valence-corrected chi connectivity index (χ1v) is 10.8. The molecule has 0 spiro atoms. The lowest BCUT2D eigenvalue weighted by atomic mass is 9.96. The molecular weight excluding hydrogens is 352 g/mol. The predicted molar refractivity (Wildman–Crippen MR) is 112 cm³/mol. The minimum atomic E-state index is -0.134. The van der Waals surface area contributed by atoms with Gasteiger partial charge in [-0.15, -0.1) is 0 Å². The standard InChI is InChI=1S/C23H36N2O3/c1-28-23(27)13-9-4-2-3-8-12-22(26)24-18-20-14-16-25(17-15-20)19-21-10-6-5-7-11-21/h5-7,10-11,20H,2-4,8-9,12-19H2,1H3,(H,24,26). The zero-order valence-electron chi connectivity index (χ0n) is 17.3. The van der Waals surface area contributed by atoms with Gasteiger partial charge in [-0.05, 0) is 50.3 Å². The van der Waals surface area contributed by atoms with Gasteiger partial charge in [-0.25, -0.2) is 0 Å². The number of benzene rings is 1. The topological polar surface area (TPSA) is 58.6 Å². The highest BCUT2D eigenvalue weighted by Gasteiger charge is 2.19. The van der Waals surface area contributed by atoms with E-state index in [1.807, 2.05) is 0 Å². The van der Waals surface area contributed by atoms with Gasteiger partial charge in [0.05, 0.1) is 7.11 Å². The maximum Gasteiger partial charge on any atom is 0.305 e. The Labute approximate surface area is 169 Å². The van der Waals surface area contributed by atoms with Crippen LogP contribution in [0.3, 0.4) is 0 Å². The van der Waals surface area contributed by atoms with Crippen LogP contribution in [0.5, 0.6) is 0 Å². The lowest BCUT2D eigenvalue weighted by molar-refractivity contribution is -0.140. The third-order valence-electron chi connectivity index (χ3n) is 5.56. The van der Waals surface area contributed by atoms with Gasteiger partial charge < -0.3 is 10.1 Å². The van der Waals surface area contributed by atoms with Crippen LogP contribution in [0.2, 0.25) is 0 Å². The number of hydrogen-bond donors (Lipinski definition) is 1. The Hall–Kier alpha value is -1.88. The molecule has 1 N–H and O–H groups in total. The van der Waals surface area contributed by atoms with Crippen LogP contribution < -0.4 is 5.32 Å². The van der Waals surface area contributed by atoms with E-state index >= 15 is 0 Å². The highest BCUT2D eigenvalue weighted by Crippen LogP contribution is 2.18. The van der Waals surface area contributed by atoms with Crippen LogP contribution in [0.15, 0.2) is 30.3 Å². The molecule has 1 aromatic rings. The third kappa shape index (κ3) is 9.36. The largest absolute Gasteiger partial charge is 0.469 e. The van der Waals surface area contributed by atoms with E-state index < -0.39 is 0 Å². The van der Waals surface area contributed by atoms with E-state index in [0.29, 0.717) is 18.8 Å². The van der Waals surface area contributed by atoms with Crippen molar-refractivity contribution in [3.63, 3.8) is 0 Å². The second-order valence-corrected chi connectivity index (χ2v) is 7.85. The normalized spacial score (nSPS) is 15.3. The molecule has 1 amide bonds. The van der Waals surface area contributed by atoms with E-state index in [9.17, 15) is 9.59 Å². The first kappa shape index (κ1) is 22.4. The van der Waals surface area contributed by atoms with Gasteiger partial charge in [0.2, 0.25) is 5.91 Å². The minimum absolute atomic E-state index is 0.134. The van der Waals surface area contributed by atoms with Crippen molar-refractivity contribution >= 4 is 11.9 Å². The SMILES string of the molecule is COC(=O)CCCCCCCC(=O)NCC1CCN(Cc2ccccc2)CC1. The molecular formula is C23H36N2O3. The monoisotopic (exact) mass is 388 g/mol. The highest BCUT2D eigenvalue weighted by atomic mass is 16.5. The Balaban J connectivity index is 1.46. The van der Waals surface area contributed by atoms with Crippen LogP contribution >= 0.6 is 0 Å². The zero-order valence-corrected chi connectivity index (χ0v) is 17.3. The van der Waals surface area contributed by atoms with Gasteiger partial charge in [0.15, 0.2) is 0 Å². The molecule has 0 aliphatic carbocycles. The van der Waals surface area contributed by atoms with E-state index in [0.717, 1.165) is 71.1 Å². The molecule has 28 heavy (non-hydrogen) atoms. The lowest BCUT2D eigenvalue weighted by Gasteiger charge is -2.32. The Morgan fingerprint density at radius 1 is 1.00 bits per heavy atom. The van der Waals surface area contributed by atoms with Crippen molar-refractivity contribution in [3.05, 3.63) is 35.9 Å². The molecule has 0 bridgehead atoms. The number of ether oxygens (including phenoxy) is 1. The van der Waals surface area contributed by atoms with Crippen LogP contribution in [0, 0.1) is 5.92 Å². The van der Waals surface area contributed by atoms with Gasteiger partial charge in [0, 0.05) is 25.9 Å². The molecule has 0 aromatic heterocycles. The first-order chi connectivity index (χ1) is 13.7. The fourth-order valence-electron chi connectivity index (χ4n) is 3.72. The highest BCUT2D eigenvalue weighted by molar-refractivity contribution is 5.75. The number of likely N-dealkylation sites (tertiary alicyclic amines) is 1. The number of carbonyl (C=O) groups excluding carboxylic acids is 2. The smallest absolute Gasteiger partial charge is 0.305 e. The van der Waals surface area contributed by atoms with Crippen LogP contribution in [0.4, 0.5) is 0 Å². The molecule has 1 aliphatic rings. The maximum absolute atomic E-state index is 12.0. The van der Waals surface area contributed by atoms with Crippen LogP contribution in [-0.4, -0.2) is 43.5 Å². The molecule has 5 nitrogen and oxygen atoms in total. The lowest BCUT2D eigenvalue weighted by Crippen LogP contribution is -2.38. The summed E-state index contributed by atoms with van der Waals surface area (Å²) < 4.78 is 4.62. The molecule has 0 unspecified atom stereocenters. The number of nitrogens with one attached hydrogen (secondary N) is 1. The average Bonchev–Trinajstić information content (AvgIpc) is 2.73. The number of carbonyl (C=O) groups is 2. The number of unbranched alkanes of at least 4 members (excludes halogenated alkanes) is 4. The van der Waals surface area contributed by atoms with Crippen molar-refractivity contribution in [2.75, 3.05) is 26.7 Å². The van der Waals surface area contributed by atoms with E-state index in [1.54, 1.807) is 0 Å². The number of methoxy groups -OCH3 is 1. The number of hydrogen-bond acceptors (Lipinski definition) is 4. The van der Waals surface area contributed by atoms with Gasteiger partial charge in [-0.3, -0.25) is 14.5 Å². The number of esters is 1. The van der Waals surface area contributed by atoms with Crippen LogP contribution in [0.1, 0.15) is 63.4 Å². The molecule has 0 atom stereocenters.